The van der Waals surface area contributed by atoms with Crippen molar-refractivity contribution in [3.8, 4) is 0 Å². The molecule has 204 valence electrons. The van der Waals surface area contributed by atoms with Gasteiger partial charge in [-0.1, -0.05) is 18.6 Å². The number of nitrogens with zero attached hydrogens (tertiary/aromatic N) is 4. The molecule has 1 aromatic heterocycles. The van der Waals surface area contributed by atoms with E-state index in [1.54, 1.807) is 12.1 Å². The number of hydrogen-bond acceptors (Lipinski definition) is 6. The monoisotopic (exact) mass is 528 g/mol. The predicted molar refractivity (Wildman–Crippen MR) is 147 cm³/mol. The Morgan fingerprint density at radius 1 is 0.974 bits per heavy atom. The summed E-state index contributed by atoms with van der Waals surface area (Å²) in [5.74, 6) is 1.70. The minimum atomic E-state index is -1.09. The molecule has 6 fully saturated rings. The molecule has 6 bridgehead atoms. The van der Waals surface area contributed by atoms with E-state index in [0.717, 1.165) is 42.0 Å². The average molecular weight is 529 g/mol. The highest BCUT2D eigenvalue weighted by Gasteiger charge is 2.66. The zero-order valence-corrected chi connectivity index (χ0v) is 22.2. The second-order valence-corrected chi connectivity index (χ2v) is 13.0. The van der Waals surface area contributed by atoms with Crippen LogP contribution in [0.3, 0.4) is 0 Å². The summed E-state index contributed by atoms with van der Waals surface area (Å²) in [6.45, 7) is -0.428. The maximum atomic E-state index is 13.3. The Kier molecular flexibility index (Phi) is 5.21. The largest absolute Gasteiger partial charge is 0.480 e. The van der Waals surface area contributed by atoms with Crippen molar-refractivity contribution < 1.29 is 15.0 Å². The van der Waals surface area contributed by atoms with Gasteiger partial charge in [-0.05, 0) is 93.4 Å². The van der Waals surface area contributed by atoms with Gasteiger partial charge in [0.1, 0.15) is 12.3 Å². The first kappa shape index (κ1) is 23.9. The van der Waals surface area contributed by atoms with E-state index in [0.29, 0.717) is 23.3 Å². The van der Waals surface area contributed by atoms with E-state index in [2.05, 4.69) is 9.80 Å². The molecule has 2 saturated heterocycles. The normalized spacial score (nSPS) is 38.2. The molecule has 8 nitrogen and oxygen atoms in total. The van der Waals surface area contributed by atoms with E-state index in [-0.39, 0.29) is 11.6 Å². The van der Waals surface area contributed by atoms with Crippen LogP contribution in [0.5, 0.6) is 0 Å². The fourth-order valence-corrected chi connectivity index (χ4v) is 9.99. The molecule has 4 saturated carbocycles. The second kappa shape index (κ2) is 8.51. The number of benzene rings is 1. The minimum Gasteiger partial charge on any atom is -0.480 e. The Balaban J connectivity index is 1.12. The van der Waals surface area contributed by atoms with Crippen LogP contribution in [0, 0.1) is 17.8 Å². The lowest BCUT2D eigenvalue weighted by atomic mass is 9.43. The van der Waals surface area contributed by atoms with E-state index in [4.69, 9.17) is 4.99 Å². The van der Waals surface area contributed by atoms with E-state index in [9.17, 15) is 19.8 Å². The molecular weight excluding hydrogens is 492 g/mol. The van der Waals surface area contributed by atoms with Crippen molar-refractivity contribution in [1.82, 2.24) is 9.47 Å². The molecule has 9 rings (SSSR count). The lowest BCUT2D eigenvalue weighted by Gasteiger charge is -2.71. The van der Waals surface area contributed by atoms with Gasteiger partial charge in [-0.3, -0.25) is 14.5 Å². The summed E-state index contributed by atoms with van der Waals surface area (Å²) in [4.78, 5) is 34.4. The molecular formula is C31H36N4O4. The summed E-state index contributed by atoms with van der Waals surface area (Å²) in [6, 6.07) is 12.4. The Morgan fingerprint density at radius 2 is 1.77 bits per heavy atom. The number of carboxylic acid groups (broad SMARTS) is 1. The van der Waals surface area contributed by atoms with E-state index < -0.39 is 24.3 Å². The van der Waals surface area contributed by atoms with Crippen molar-refractivity contribution in [3.05, 3.63) is 58.5 Å². The number of carboxylic acids is 1. The van der Waals surface area contributed by atoms with Gasteiger partial charge in [0.15, 0.2) is 6.23 Å². The van der Waals surface area contributed by atoms with Crippen LogP contribution in [-0.2, 0) is 11.3 Å². The molecule has 8 atom stereocenters. The molecule has 0 radical (unpaired) electrons. The van der Waals surface area contributed by atoms with Crippen LogP contribution in [0.15, 0.2) is 52.4 Å². The molecule has 1 aromatic carbocycles. The number of aliphatic imine (C=N–C) groups is 1. The Morgan fingerprint density at radius 3 is 2.49 bits per heavy atom. The van der Waals surface area contributed by atoms with E-state index >= 15 is 0 Å². The van der Waals surface area contributed by atoms with Gasteiger partial charge >= 0.3 is 5.97 Å². The van der Waals surface area contributed by atoms with Crippen molar-refractivity contribution in [2.45, 2.75) is 94.2 Å². The zero-order chi connectivity index (χ0) is 26.5. The van der Waals surface area contributed by atoms with Gasteiger partial charge in [0.05, 0.1) is 16.9 Å². The Bertz CT molecular complexity index is 1420. The van der Waals surface area contributed by atoms with Gasteiger partial charge in [0.25, 0.3) is 5.56 Å². The summed E-state index contributed by atoms with van der Waals surface area (Å²) in [7, 11) is 0. The van der Waals surface area contributed by atoms with E-state index in [1.807, 2.05) is 24.3 Å². The molecule has 4 aliphatic carbocycles. The van der Waals surface area contributed by atoms with Crippen LogP contribution in [0.4, 0.5) is 11.4 Å². The third-order valence-electron chi connectivity index (χ3n) is 11.2. The molecule has 3 aliphatic heterocycles. The number of anilines is 1. The highest BCUT2D eigenvalue weighted by Crippen LogP contribution is 2.67. The summed E-state index contributed by atoms with van der Waals surface area (Å²) < 4.78 is 1.17. The summed E-state index contributed by atoms with van der Waals surface area (Å²) >= 11 is 0. The number of rotatable bonds is 5. The van der Waals surface area contributed by atoms with Crippen LogP contribution < -0.4 is 10.5 Å². The predicted octanol–water partition coefficient (Wildman–Crippen LogP) is 3.77. The number of aliphatic hydroxyl groups excluding tert-OH is 1. The maximum absolute atomic E-state index is 13.3. The number of carbonyl (C=O) groups is 1. The number of aromatic nitrogens is 1. The molecule has 2 N–H and O–H groups in total. The third-order valence-corrected chi connectivity index (χ3v) is 11.2. The average Bonchev–Trinajstić information content (AvgIpc) is 3.19. The SMILES string of the molecule is O=C(O)Cn1cccc(C2=Nc3ccccc3N(C3C[C@H]4CC[C@@H](C3)N4[C@]34C[C@H]5CCC3[C@H](C5)C4)C2O)c1=O. The standard InChI is InChI=1S/C31H36N4O4/c36-27(37)17-33-11-3-4-23(29(33)38)28-30(39)34(26-6-2-1-5-25(26)32-28)22-13-20-8-9-21(14-22)35(20)31-15-18-7-10-24(31)19(12-18)16-31/h1-6,11,18-22,24,30,39H,7-10,12-17H2,(H,36,37)/t18-,19+,20-,21+,22?,24?,30?,31-/m0/s1. The van der Waals surface area contributed by atoms with Crippen molar-refractivity contribution >= 4 is 23.1 Å². The molecule has 4 heterocycles. The van der Waals surface area contributed by atoms with Crippen LogP contribution in [-0.4, -0.2) is 61.3 Å². The molecule has 3 unspecified atom stereocenters. The highest BCUT2D eigenvalue weighted by atomic mass is 16.4. The fraction of sp³-hybridized carbons (Fsp3) is 0.581. The maximum Gasteiger partial charge on any atom is 0.323 e. The van der Waals surface area contributed by atoms with Gasteiger partial charge in [-0.25, -0.2) is 4.99 Å². The van der Waals surface area contributed by atoms with Gasteiger partial charge in [-0.15, -0.1) is 0 Å². The fourth-order valence-electron chi connectivity index (χ4n) is 9.99. The van der Waals surface area contributed by atoms with Gasteiger partial charge < -0.3 is 19.7 Å². The summed E-state index contributed by atoms with van der Waals surface area (Å²) in [5.41, 5.74) is 2.20. The van der Waals surface area contributed by atoms with E-state index in [1.165, 1.54) is 55.7 Å². The smallest absolute Gasteiger partial charge is 0.323 e. The molecule has 8 heteroatoms. The lowest BCUT2D eigenvalue weighted by molar-refractivity contribution is -0.200. The molecule has 39 heavy (non-hydrogen) atoms. The van der Waals surface area contributed by atoms with Gasteiger partial charge in [-0.2, -0.15) is 0 Å². The summed E-state index contributed by atoms with van der Waals surface area (Å²) in [5, 5.41) is 21.1. The zero-order valence-electron chi connectivity index (χ0n) is 22.2. The number of fused-ring (bicyclic) bond motifs is 4. The minimum absolute atomic E-state index is 0.151. The number of pyridine rings is 1. The van der Waals surface area contributed by atoms with Crippen molar-refractivity contribution in [3.63, 3.8) is 0 Å². The number of aliphatic carboxylic acids is 1. The van der Waals surface area contributed by atoms with Crippen molar-refractivity contribution in [1.29, 1.82) is 0 Å². The van der Waals surface area contributed by atoms with Gasteiger partial charge in [0, 0.05) is 29.9 Å². The topological polar surface area (TPSA) is 98.4 Å². The quantitative estimate of drug-likeness (QED) is 0.613. The van der Waals surface area contributed by atoms with Crippen molar-refractivity contribution in [2.75, 3.05) is 4.90 Å². The molecule has 0 spiro atoms. The number of aliphatic hydroxyl groups is 1. The first-order valence-corrected chi connectivity index (χ1v) is 14.8. The lowest BCUT2D eigenvalue weighted by Crippen LogP contribution is -2.74. The first-order chi connectivity index (χ1) is 18.9. The molecule has 7 aliphatic rings. The Hall–Kier alpha value is -2.97. The third kappa shape index (κ3) is 3.40. The molecule has 2 aromatic rings. The summed E-state index contributed by atoms with van der Waals surface area (Å²) in [6.07, 6.45) is 12.0. The number of piperidine rings is 1. The van der Waals surface area contributed by atoms with Crippen molar-refractivity contribution in [2.24, 2.45) is 22.7 Å². The number of para-hydroxylation sites is 2. The number of hydrogen-bond donors (Lipinski definition) is 2. The van der Waals surface area contributed by atoms with Gasteiger partial charge in [0.2, 0.25) is 0 Å². The first-order valence-electron chi connectivity index (χ1n) is 14.8. The highest BCUT2D eigenvalue weighted by molar-refractivity contribution is 6.08. The molecule has 0 amide bonds. The van der Waals surface area contributed by atoms with Crippen LogP contribution in [0.2, 0.25) is 0 Å². The van der Waals surface area contributed by atoms with Crippen LogP contribution in [0.25, 0.3) is 0 Å². The van der Waals surface area contributed by atoms with Crippen LogP contribution >= 0.6 is 0 Å². The Labute approximate surface area is 228 Å². The van der Waals surface area contributed by atoms with Crippen LogP contribution in [0.1, 0.15) is 63.4 Å². The second-order valence-electron chi connectivity index (χ2n) is 13.0.